The molecule has 1 aromatic heterocycles. The summed E-state index contributed by atoms with van der Waals surface area (Å²) in [5.74, 6) is 2.92. The Hall–Kier alpha value is -1.40. The third-order valence-electron chi connectivity index (χ3n) is 3.68. The van der Waals surface area contributed by atoms with Crippen LogP contribution in [0.4, 0.5) is 11.6 Å². The summed E-state index contributed by atoms with van der Waals surface area (Å²) in [6, 6.07) is 1.95. The SMILES string of the molecule is CCCNc1cc(NCC2CCOC2C)nc(COC)n1. The van der Waals surface area contributed by atoms with Crippen LogP contribution >= 0.6 is 0 Å². The van der Waals surface area contributed by atoms with E-state index in [1.807, 2.05) is 6.07 Å². The average Bonchev–Trinajstić information content (AvgIpc) is 2.88. The highest BCUT2D eigenvalue weighted by Crippen LogP contribution is 2.21. The summed E-state index contributed by atoms with van der Waals surface area (Å²) in [4.78, 5) is 8.93. The Kier molecular flexibility index (Phi) is 6.20. The number of methoxy groups -OCH3 is 1. The first-order valence-electron chi connectivity index (χ1n) is 7.69. The first-order chi connectivity index (χ1) is 10.2. The smallest absolute Gasteiger partial charge is 0.158 e. The second-order valence-electron chi connectivity index (χ2n) is 5.42. The number of rotatable bonds is 8. The minimum Gasteiger partial charge on any atom is -0.378 e. The molecule has 0 aromatic carbocycles. The molecule has 0 aliphatic carbocycles. The van der Waals surface area contributed by atoms with Gasteiger partial charge in [0.15, 0.2) is 5.82 Å². The van der Waals surface area contributed by atoms with Crippen molar-refractivity contribution < 1.29 is 9.47 Å². The molecule has 2 atom stereocenters. The predicted octanol–water partition coefficient (Wildman–Crippen LogP) is 2.28. The van der Waals surface area contributed by atoms with Gasteiger partial charge in [-0.15, -0.1) is 0 Å². The van der Waals surface area contributed by atoms with Gasteiger partial charge in [0, 0.05) is 38.8 Å². The molecular weight excluding hydrogens is 268 g/mol. The number of hydrogen-bond acceptors (Lipinski definition) is 6. The van der Waals surface area contributed by atoms with Gasteiger partial charge in [-0.05, 0) is 19.8 Å². The van der Waals surface area contributed by atoms with Crippen molar-refractivity contribution in [3.63, 3.8) is 0 Å². The lowest BCUT2D eigenvalue weighted by Crippen LogP contribution is -2.21. The first kappa shape index (κ1) is 16.0. The summed E-state index contributed by atoms with van der Waals surface area (Å²) in [5.41, 5.74) is 0. The number of nitrogens with one attached hydrogen (secondary N) is 2. The lowest BCUT2D eigenvalue weighted by Gasteiger charge is -2.16. The van der Waals surface area contributed by atoms with Crippen molar-refractivity contribution in [3.05, 3.63) is 11.9 Å². The van der Waals surface area contributed by atoms with E-state index >= 15 is 0 Å². The number of anilines is 2. The molecular formula is C15H26N4O2. The number of hydrogen-bond donors (Lipinski definition) is 2. The van der Waals surface area contributed by atoms with Crippen molar-refractivity contribution in [1.29, 1.82) is 0 Å². The number of ether oxygens (including phenoxy) is 2. The molecule has 1 fully saturated rings. The Morgan fingerprint density at radius 1 is 1.33 bits per heavy atom. The van der Waals surface area contributed by atoms with Crippen LogP contribution in [0, 0.1) is 5.92 Å². The van der Waals surface area contributed by atoms with E-state index in [-0.39, 0.29) is 0 Å². The lowest BCUT2D eigenvalue weighted by molar-refractivity contribution is 0.108. The van der Waals surface area contributed by atoms with Gasteiger partial charge in [-0.1, -0.05) is 6.92 Å². The van der Waals surface area contributed by atoms with E-state index in [0.29, 0.717) is 24.5 Å². The molecule has 2 heterocycles. The van der Waals surface area contributed by atoms with Crippen molar-refractivity contribution in [3.8, 4) is 0 Å². The lowest BCUT2D eigenvalue weighted by atomic mass is 10.0. The van der Waals surface area contributed by atoms with Crippen LogP contribution in [0.25, 0.3) is 0 Å². The van der Waals surface area contributed by atoms with E-state index in [0.717, 1.165) is 44.2 Å². The minimum absolute atomic E-state index is 0.315. The van der Waals surface area contributed by atoms with E-state index in [1.54, 1.807) is 7.11 Å². The molecule has 2 unspecified atom stereocenters. The summed E-state index contributed by atoms with van der Waals surface area (Å²) < 4.78 is 10.7. The normalized spacial score (nSPS) is 21.5. The molecule has 1 saturated heterocycles. The van der Waals surface area contributed by atoms with Gasteiger partial charge in [-0.25, -0.2) is 9.97 Å². The fourth-order valence-corrected chi connectivity index (χ4v) is 2.40. The van der Waals surface area contributed by atoms with E-state index in [1.165, 1.54) is 0 Å². The molecule has 2 rings (SSSR count). The molecule has 6 heteroatoms. The largest absolute Gasteiger partial charge is 0.378 e. The van der Waals surface area contributed by atoms with Gasteiger partial charge in [-0.3, -0.25) is 0 Å². The fourth-order valence-electron chi connectivity index (χ4n) is 2.40. The summed E-state index contributed by atoms with van der Waals surface area (Å²) in [6.45, 7) is 7.30. The summed E-state index contributed by atoms with van der Waals surface area (Å²) >= 11 is 0. The fraction of sp³-hybridized carbons (Fsp3) is 0.733. The van der Waals surface area contributed by atoms with Crippen LogP contribution in [0.15, 0.2) is 6.07 Å². The van der Waals surface area contributed by atoms with Gasteiger partial charge in [-0.2, -0.15) is 0 Å². The molecule has 118 valence electrons. The highest BCUT2D eigenvalue weighted by Gasteiger charge is 2.23. The molecule has 21 heavy (non-hydrogen) atoms. The summed E-state index contributed by atoms with van der Waals surface area (Å²) in [6.07, 6.45) is 2.48. The van der Waals surface area contributed by atoms with Crippen LogP contribution in [0.3, 0.4) is 0 Å². The molecule has 1 aliphatic rings. The zero-order valence-electron chi connectivity index (χ0n) is 13.2. The standard InChI is InChI=1S/C15H26N4O2/c1-4-6-16-13-8-14(19-15(18-13)10-20-3)17-9-12-5-7-21-11(12)2/h8,11-12H,4-7,9-10H2,1-3H3,(H2,16,17,18,19). The number of aromatic nitrogens is 2. The second-order valence-corrected chi connectivity index (χ2v) is 5.42. The van der Waals surface area contributed by atoms with E-state index in [9.17, 15) is 0 Å². The van der Waals surface area contributed by atoms with Gasteiger partial charge >= 0.3 is 0 Å². The summed E-state index contributed by atoms with van der Waals surface area (Å²) in [7, 11) is 1.65. The molecule has 1 aliphatic heterocycles. The molecule has 0 bridgehead atoms. The van der Waals surface area contributed by atoms with Crippen LogP contribution in [-0.4, -0.2) is 42.9 Å². The maximum atomic E-state index is 5.59. The molecule has 0 radical (unpaired) electrons. The van der Waals surface area contributed by atoms with E-state index in [2.05, 4.69) is 34.4 Å². The highest BCUT2D eigenvalue weighted by molar-refractivity contribution is 5.47. The average molecular weight is 294 g/mol. The Labute approximate surface area is 126 Å². The Morgan fingerprint density at radius 3 is 2.71 bits per heavy atom. The van der Waals surface area contributed by atoms with Crippen molar-refractivity contribution in [1.82, 2.24) is 9.97 Å². The zero-order chi connectivity index (χ0) is 15.1. The van der Waals surface area contributed by atoms with Crippen molar-refractivity contribution in [2.45, 2.75) is 39.4 Å². The molecule has 2 N–H and O–H groups in total. The third-order valence-corrected chi connectivity index (χ3v) is 3.68. The van der Waals surface area contributed by atoms with Gasteiger partial charge in [0.25, 0.3) is 0 Å². The van der Waals surface area contributed by atoms with Gasteiger partial charge < -0.3 is 20.1 Å². The van der Waals surface area contributed by atoms with E-state index in [4.69, 9.17) is 9.47 Å². The zero-order valence-corrected chi connectivity index (χ0v) is 13.2. The van der Waals surface area contributed by atoms with Gasteiger partial charge in [0.05, 0.1) is 6.10 Å². The van der Waals surface area contributed by atoms with Crippen molar-refractivity contribution >= 4 is 11.6 Å². The Morgan fingerprint density at radius 2 is 2.10 bits per heavy atom. The number of nitrogens with zero attached hydrogens (tertiary/aromatic N) is 2. The predicted molar refractivity (Wildman–Crippen MR) is 83.5 cm³/mol. The Balaban J connectivity index is 2.00. The van der Waals surface area contributed by atoms with Gasteiger partial charge in [0.2, 0.25) is 0 Å². The molecule has 0 spiro atoms. The first-order valence-corrected chi connectivity index (χ1v) is 7.69. The molecule has 0 amide bonds. The van der Waals surface area contributed by atoms with Crippen molar-refractivity contribution in [2.75, 3.05) is 37.4 Å². The maximum Gasteiger partial charge on any atom is 0.158 e. The van der Waals surface area contributed by atoms with Crippen LogP contribution in [0.2, 0.25) is 0 Å². The minimum atomic E-state index is 0.315. The Bertz CT molecular complexity index is 442. The third kappa shape index (κ3) is 4.82. The molecule has 6 nitrogen and oxygen atoms in total. The molecule has 1 aromatic rings. The second kappa shape index (κ2) is 8.14. The van der Waals surface area contributed by atoms with E-state index < -0.39 is 0 Å². The topological polar surface area (TPSA) is 68.3 Å². The van der Waals surface area contributed by atoms with Crippen molar-refractivity contribution in [2.24, 2.45) is 5.92 Å². The maximum absolute atomic E-state index is 5.59. The monoisotopic (exact) mass is 294 g/mol. The van der Waals surface area contributed by atoms with Crippen LogP contribution < -0.4 is 10.6 Å². The van der Waals surface area contributed by atoms with Gasteiger partial charge in [0.1, 0.15) is 18.2 Å². The quantitative estimate of drug-likeness (QED) is 0.766. The van der Waals surface area contributed by atoms with Crippen LogP contribution in [0.5, 0.6) is 0 Å². The van der Waals surface area contributed by atoms with Crippen LogP contribution in [0.1, 0.15) is 32.5 Å². The summed E-state index contributed by atoms with van der Waals surface area (Å²) in [5, 5.41) is 6.70. The highest BCUT2D eigenvalue weighted by atomic mass is 16.5. The molecule has 0 saturated carbocycles. The van der Waals surface area contributed by atoms with Crippen LogP contribution in [-0.2, 0) is 16.1 Å².